The average Bonchev–Trinajstić information content (AvgIpc) is 2.45. The molecule has 2 aromatic rings. The predicted molar refractivity (Wildman–Crippen MR) is 73.3 cm³/mol. The molecule has 0 N–H and O–H groups in total. The zero-order chi connectivity index (χ0) is 14.5. The van der Waals surface area contributed by atoms with Crippen LogP contribution in [0.4, 0.5) is 8.78 Å². The molecule has 0 radical (unpaired) electrons. The van der Waals surface area contributed by atoms with E-state index in [0.717, 1.165) is 11.6 Å². The van der Waals surface area contributed by atoms with E-state index in [1.165, 1.54) is 12.1 Å². The van der Waals surface area contributed by atoms with E-state index in [1.807, 2.05) is 12.1 Å². The molecule has 0 heterocycles. The van der Waals surface area contributed by atoms with Crippen molar-refractivity contribution in [2.24, 2.45) is 0 Å². The molecule has 4 heteroatoms. The fraction of sp³-hybridized carbons (Fsp3) is 0.250. The Balaban J connectivity index is 2.18. The van der Waals surface area contributed by atoms with E-state index in [1.54, 1.807) is 20.3 Å². The van der Waals surface area contributed by atoms with Gasteiger partial charge in [-0.2, -0.15) is 0 Å². The Morgan fingerprint density at radius 2 is 1.65 bits per heavy atom. The second-order valence-corrected chi connectivity index (χ2v) is 4.39. The predicted octanol–water partition coefficient (Wildman–Crippen LogP) is 3.77. The molecule has 0 saturated heterocycles. The normalized spacial score (nSPS) is 10.4. The first-order valence-electron chi connectivity index (χ1n) is 6.29. The molecular formula is C16H16F2O2. The Morgan fingerprint density at radius 1 is 0.900 bits per heavy atom. The molecule has 0 saturated carbocycles. The monoisotopic (exact) mass is 278 g/mol. The molecule has 106 valence electrons. The van der Waals surface area contributed by atoms with Crippen LogP contribution in [0.5, 0.6) is 11.5 Å². The number of benzene rings is 2. The Morgan fingerprint density at radius 3 is 2.30 bits per heavy atom. The summed E-state index contributed by atoms with van der Waals surface area (Å²) in [6, 6.07) is 9.21. The fourth-order valence-corrected chi connectivity index (χ4v) is 2.14. The molecule has 20 heavy (non-hydrogen) atoms. The molecule has 2 rings (SSSR count). The van der Waals surface area contributed by atoms with Gasteiger partial charge in [-0.25, -0.2) is 8.78 Å². The Bertz CT molecular complexity index is 597. The molecule has 0 aliphatic heterocycles. The summed E-state index contributed by atoms with van der Waals surface area (Å²) in [4.78, 5) is 0. The second-order valence-electron chi connectivity index (χ2n) is 4.39. The summed E-state index contributed by atoms with van der Waals surface area (Å²) in [5.74, 6) is 0.208. The van der Waals surface area contributed by atoms with Crippen LogP contribution in [0.2, 0.25) is 0 Å². The number of hydrogen-bond acceptors (Lipinski definition) is 2. The Kier molecular flexibility index (Phi) is 4.56. The summed E-state index contributed by atoms with van der Waals surface area (Å²) in [5, 5.41) is 0. The van der Waals surface area contributed by atoms with Crippen LogP contribution in [0.25, 0.3) is 0 Å². The SMILES string of the molecule is COc1cccc(CCc2ccc(F)cc2F)c1OC. The van der Waals surface area contributed by atoms with Gasteiger partial charge in [0.05, 0.1) is 14.2 Å². The number of methoxy groups -OCH3 is 2. The summed E-state index contributed by atoms with van der Waals surface area (Å²) in [6.45, 7) is 0. The van der Waals surface area contributed by atoms with Gasteiger partial charge in [0.2, 0.25) is 0 Å². The highest BCUT2D eigenvalue weighted by atomic mass is 19.1. The molecule has 0 aliphatic rings. The number of hydrogen-bond donors (Lipinski definition) is 0. The van der Waals surface area contributed by atoms with Crippen LogP contribution >= 0.6 is 0 Å². The topological polar surface area (TPSA) is 18.5 Å². The number of ether oxygens (including phenoxy) is 2. The van der Waals surface area contributed by atoms with Crippen molar-refractivity contribution >= 4 is 0 Å². The quantitative estimate of drug-likeness (QED) is 0.829. The smallest absolute Gasteiger partial charge is 0.163 e. The molecule has 0 unspecified atom stereocenters. The largest absolute Gasteiger partial charge is 0.493 e. The van der Waals surface area contributed by atoms with E-state index in [9.17, 15) is 8.78 Å². The zero-order valence-corrected chi connectivity index (χ0v) is 11.5. The minimum atomic E-state index is -0.565. The molecule has 0 amide bonds. The number of halogens is 2. The van der Waals surface area contributed by atoms with Gasteiger partial charge in [-0.3, -0.25) is 0 Å². The summed E-state index contributed by atoms with van der Waals surface area (Å²) in [5.41, 5.74) is 1.41. The molecule has 2 aromatic carbocycles. The first kappa shape index (κ1) is 14.3. The lowest BCUT2D eigenvalue weighted by atomic mass is 10.0. The number of aryl methyl sites for hydroxylation is 2. The maximum Gasteiger partial charge on any atom is 0.163 e. The first-order chi connectivity index (χ1) is 9.65. The molecule has 0 aromatic heterocycles. The van der Waals surface area contributed by atoms with Crippen molar-refractivity contribution in [3.8, 4) is 11.5 Å². The summed E-state index contributed by atoms with van der Waals surface area (Å²) >= 11 is 0. The van der Waals surface area contributed by atoms with Gasteiger partial charge >= 0.3 is 0 Å². The summed E-state index contributed by atoms with van der Waals surface area (Å²) < 4.78 is 37.0. The van der Waals surface area contributed by atoms with Crippen molar-refractivity contribution in [2.75, 3.05) is 14.2 Å². The molecule has 0 bridgehead atoms. The van der Waals surface area contributed by atoms with E-state index in [2.05, 4.69) is 0 Å². The molecule has 0 fully saturated rings. The van der Waals surface area contributed by atoms with Crippen LogP contribution in [0.3, 0.4) is 0 Å². The lowest BCUT2D eigenvalue weighted by Crippen LogP contribution is -1.99. The first-order valence-corrected chi connectivity index (χ1v) is 6.29. The van der Waals surface area contributed by atoms with Gasteiger partial charge in [0.15, 0.2) is 11.5 Å². The lowest BCUT2D eigenvalue weighted by molar-refractivity contribution is 0.351. The third-order valence-corrected chi connectivity index (χ3v) is 3.16. The molecule has 2 nitrogen and oxygen atoms in total. The van der Waals surface area contributed by atoms with Crippen molar-refractivity contribution in [3.63, 3.8) is 0 Å². The highest BCUT2D eigenvalue weighted by Gasteiger charge is 2.11. The minimum absolute atomic E-state index is 0.468. The van der Waals surface area contributed by atoms with E-state index >= 15 is 0 Å². The van der Waals surface area contributed by atoms with Crippen LogP contribution in [-0.2, 0) is 12.8 Å². The summed E-state index contributed by atoms with van der Waals surface area (Å²) in [6.07, 6.45) is 1.05. The second kappa shape index (κ2) is 6.37. The van der Waals surface area contributed by atoms with Crippen LogP contribution in [0, 0.1) is 11.6 Å². The molecule has 0 spiro atoms. The van der Waals surface area contributed by atoms with E-state index < -0.39 is 11.6 Å². The third kappa shape index (κ3) is 3.07. The van der Waals surface area contributed by atoms with E-state index in [-0.39, 0.29) is 0 Å². The van der Waals surface area contributed by atoms with Gasteiger partial charge in [0.25, 0.3) is 0 Å². The maximum absolute atomic E-state index is 13.6. The maximum atomic E-state index is 13.6. The fourth-order valence-electron chi connectivity index (χ4n) is 2.14. The van der Waals surface area contributed by atoms with Crippen LogP contribution in [0.15, 0.2) is 36.4 Å². The van der Waals surface area contributed by atoms with Gasteiger partial charge in [-0.1, -0.05) is 18.2 Å². The van der Waals surface area contributed by atoms with Gasteiger partial charge in [-0.05, 0) is 36.1 Å². The van der Waals surface area contributed by atoms with Crippen molar-refractivity contribution in [3.05, 3.63) is 59.2 Å². The lowest BCUT2D eigenvalue weighted by Gasteiger charge is -2.12. The van der Waals surface area contributed by atoms with Gasteiger partial charge in [0.1, 0.15) is 11.6 Å². The van der Waals surface area contributed by atoms with Crippen molar-refractivity contribution in [1.29, 1.82) is 0 Å². The van der Waals surface area contributed by atoms with E-state index in [4.69, 9.17) is 9.47 Å². The van der Waals surface area contributed by atoms with Crippen LogP contribution in [0.1, 0.15) is 11.1 Å². The Labute approximate surface area is 117 Å². The highest BCUT2D eigenvalue weighted by Crippen LogP contribution is 2.31. The van der Waals surface area contributed by atoms with Crippen LogP contribution < -0.4 is 9.47 Å². The highest BCUT2D eigenvalue weighted by molar-refractivity contribution is 5.46. The summed E-state index contributed by atoms with van der Waals surface area (Å²) in [7, 11) is 3.14. The molecule has 0 atom stereocenters. The molecule has 0 aliphatic carbocycles. The Hall–Kier alpha value is -2.10. The van der Waals surface area contributed by atoms with Gasteiger partial charge < -0.3 is 9.47 Å². The van der Waals surface area contributed by atoms with Crippen molar-refractivity contribution in [1.82, 2.24) is 0 Å². The number of rotatable bonds is 5. The zero-order valence-electron chi connectivity index (χ0n) is 11.5. The van der Waals surface area contributed by atoms with Crippen molar-refractivity contribution in [2.45, 2.75) is 12.8 Å². The molecular weight excluding hydrogens is 262 g/mol. The van der Waals surface area contributed by atoms with Gasteiger partial charge in [0, 0.05) is 6.07 Å². The van der Waals surface area contributed by atoms with E-state index in [0.29, 0.717) is 29.9 Å². The van der Waals surface area contributed by atoms with Crippen LogP contribution in [-0.4, -0.2) is 14.2 Å². The minimum Gasteiger partial charge on any atom is -0.493 e. The standard InChI is InChI=1S/C16H16F2O2/c1-19-15-5-3-4-12(16(15)20-2)7-6-11-8-9-13(17)10-14(11)18/h3-5,8-10H,6-7H2,1-2H3. The average molecular weight is 278 g/mol. The van der Waals surface area contributed by atoms with Crippen molar-refractivity contribution < 1.29 is 18.3 Å². The number of para-hydroxylation sites is 1. The third-order valence-electron chi connectivity index (χ3n) is 3.16. The van der Waals surface area contributed by atoms with Gasteiger partial charge in [-0.15, -0.1) is 0 Å².